The third-order valence-electron chi connectivity index (χ3n) is 4.21. The van der Waals surface area contributed by atoms with E-state index in [2.05, 4.69) is 11.8 Å². The number of ether oxygens (including phenoxy) is 1. The molecule has 0 spiro atoms. The molecular formula is C22H18O5S. The van der Waals surface area contributed by atoms with E-state index in [0.29, 0.717) is 16.7 Å². The van der Waals surface area contributed by atoms with Gasteiger partial charge in [-0.1, -0.05) is 36.3 Å². The maximum absolute atomic E-state index is 12.8. The first-order valence-corrected chi connectivity index (χ1v) is 10.1. The molecule has 2 aromatic carbocycles. The van der Waals surface area contributed by atoms with Crippen LogP contribution in [0.1, 0.15) is 28.4 Å². The second kappa shape index (κ2) is 8.15. The van der Waals surface area contributed by atoms with Crippen molar-refractivity contribution in [2.75, 3.05) is 7.11 Å². The standard InChI is InChI=1S/C22H18O5S/c1-3-7-20-19(16-12-13-27-14-16)11-10-17(21(20)22(23)26-2)15-28(24,25)18-8-5-4-6-9-18/h4-6,8-14H,15H2,1-2H3. The van der Waals surface area contributed by atoms with E-state index in [9.17, 15) is 13.2 Å². The molecule has 0 aliphatic heterocycles. The summed E-state index contributed by atoms with van der Waals surface area (Å²) in [6.45, 7) is 1.65. The number of carbonyl (C=O) groups excluding carboxylic acids is 1. The number of rotatable bonds is 5. The summed E-state index contributed by atoms with van der Waals surface area (Å²) in [7, 11) is -2.39. The first-order valence-electron chi connectivity index (χ1n) is 8.45. The fourth-order valence-electron chi connectivity index (χ4n) is 2.93. The first-order chi connectivity index (χ1) is 13.5. The molecule has 142 valence electrons. The summed E-state index contributed by atoms with van der Waals surface area (Å²) >= 11 is 0. The topological polar surface area (TPSA) is 73.6 Å². The average Bonchev–Trinajstić information content (AvgIpc) is 3.23. The molecular weight excluding hydrogens is 376 g/mol. The van der Waals surface area contributed by atoms with Crippen molar-refractivity contribution >= 4 is 15.8 Å². The SMILES string of the molecule is CC#Cc1c(-c2ccoc2)ccc(CS(=O)(=O)c2ccccc2)c1C(=O)OC. The van der Waals surface area contributed by atoms with E-state index in [-0.39, 0.29) is 16.2 Å². The van der Waals surface area contributed by atoms with Crippen molar-refractivity contribution in [2.45, 2.75) is 17.6 Å². The lowest BCUT2D eigenvalue weighted by Gasteiger charge is -2.14. The molecule has 1 aromatic heterocycles. The van der Waals surface area contributed by atoms with Gasteiger partial charge in [0.05, 0.1) is 35.8 Å². The van der Waals surface area contributed by atoms with Crippen LogP contribution in [0.3, 0.4) is 0 Å². The molecule has 0 amide bonds. The maximum atomic E-state index is 12.8. The molecule has 0 N–H and O–H groups in total. The summed E-state index contributed by atoms with van der Waals surface area (Å²) < 4.78 is 35.8. The van der Waals surface area contributed by atoms with Gasteiger partial charge < -0.3 is 9.15 Å². The number of methoxy groups -OCH3 is 1. The zero-order valence-electron chi connectivity index (χ0n) is 15.4. The van der Waals surface area contributed by atoms with Crippen LogP contribution >= 0.6 is 0 Å². The van der Waals surface area contributed by atoms with Gasteiger partial charge in [0.15, 0.2) is 9.84 Å². The molecule has 6 heteroatoms. The smallest absolute Gasteiger partial charge is 0.339 e. The highest BCUT2D eigenvalue weighted by atomic mass is 32.2. The number of esters is 1. The Balaban J connectivity index is 2.20. The first kappa shape index (κ1) is 19.5. The molecule has 28 heavy (non-hydrogen) atoms. The second-order valence-corrected chi connectivity index (χ2v) is 7.96. The fraction of sp³-hybridized carbons (Fsp3) is 0.136. The summed E-state index contributed by atoms with van der Waals surface area (Å²) in [5.41, 5.74) is 2.30. The normalized spacial score (nSPS) is 10.8. The van der Waals surface area contributed by atoms with Crippen LogP contribution in [0.25, 0.3) is 11.1 Å². The molecule has 5 nitrogen and oxygen atoms in total. The van der Waals surface area contributed by atoms with Crippen molar-refractivity contribution in [1.29, 1.82) is 0 Å². The van der Waals surface area contributed by atoms with Crippen LogP contribution < -0.4 is 0 Å². The number of furan rings is 1. The molecule has 0 aliphatic rings. The minimum atomic E-state index is -3.65. The highest BCUT2D eigenvalue weighted by molar-refractivity contribution is 7.90. The van der Waals surface area contributed by atoms with Crippen molar-refractivity contribution in [1.82, 2.24) is 0 Å². The Labute approximate surface area is 163 Å². The Bertz CT molecular complexity index is 1150. The summed E-state index contributed by atoms with van der Waals surface area (Å²) in [5, 5.41) is 0. The predicted octanol–water partition coefficient (Wildman–Crippen LogP) is 4.08. The molecule has 0 atom stereocenters. The van der Waals surface area contributed by atoms with Gasteiger partial charge in [0.1, 0.15) is 0 Å². The van der Waals surface area contributed by atoms with Crippen LogP contribution in [0.4, 0.5) is 0 Å². The molecule has 0 saturated carbocycles. The van der Waals surface area contributed by atoms with Crippen molar-refractivity contribution in [2.24, 2.45) is 0 Å². The van der Waals surface area contributed by atoms with Gasteiger partial charge in [-0.15, -0.1) is 5.92 Å². The van der Waals surface area contributed by atoms with E-state index >= 15 is 0 Å². The van der Waals surface area contributed by atoms with E-state index in [1.54, 1.807) is 43.3 Å². The number of sulfone groups is 1. The van der Waals surface area contributed by atoms with Crippen LogP contribution in [0.2, 0.25) is 0 Å². The van der Waals surface area contributed by atoms with Crippen LogP contribution in [0.5, 0.6) is 0 Å². The highest BCUT2D eigenvalue weighted by Gasteiger charge is 2.25. The van der Waals surface area contributed by atoms with Crippen LogP contribution in [0.15, 0.2) is 70.4 Å². The molecule has 0 aliphatic carbocycles. The average molecular weight is 394 g/mol. The lowest BCUT2D eigenvalue weighted by atomic mass is 9.93. The minimum absolute atomic E-state index is 0.148. The van der Waals surface area contributed by atoms with Gasteiger partial charge >= 0.3 is 5.97 Å². The van der Waals surface area contributed by atoms with Gasteiger partial charge in [0, 0.05) is 16.7 Å². The summed E-state index contributed by atoms with van der Waals surface area (Å²) in [6, 6.07) is 13.2. The lowest BCUT2D eigenvalue weighted by Crippen LogP contribution is -2.13. The van der Waals surface area contributed by atoms with Gasteiger partial charge in [0.2, 0.25) is 0 Å². The largest absolute Gasteiger partial charge is 0.472 e. The molecule has 0 fully saturated rings. The Kier molecular flexibility index (Phi) is 5.67. The van der Waals surface area contributed by atoms with E-state index in [0.717, 1.165) is 5.56 Å². The van der Waals surface area contributed by atoms with Gasteiger partial charge in [-0.3, -0.25) is 0 Å². The quantitative estimate of drug-likeness (QED) is 0.482. The monoisotopic (exact) mass is 394 g/mol. The van der Waals surface area contributed by atoms with E-state index < -0.39 is 15.8 Å². The fourth-order valence-corrected chi connectivity index (χ4v) is 4.32. The van der Waals surface area contributed by atoms with Crippen molar-refractivity contribution in [3.63, 3.8) is 0 Å². The van der Waals surface area contributed by atoms with Crippen molar-refractivity contribution in [3.8, 4) is 23.0 Å². The summed E-state index contributed by atoms with van der Waals surface area (Å²) in [6.07, 6.45) is 3.06. The second-order valence-electron chi connectivity index (χ2n) is 5.97. The van der Waals surface area contributed by atoms with E-state index in [4.69, 9.17) is 9.15 Å². The van der Waals surface area contributed by atoms with Gasteiger partial charge in [-0.25, -0.2) is 13.2 Å². The van der Waals surface area contributed by atoms with Gasteiger partial charge in [-0.2, -0.15) is 0 Å². The predicted molar refractivity (Wildman–Crippen MR) is 105 cm³/mol. The van der Waals surface area contributed by atoms with E-state index in [1.807, 2.05) is 0 Å². The zero-order chi connectivity index (χ0) is 20.1. The Morgan fingerprint density at radius 3 is 2.46 bits per heavy atom. The Morgan fingerprint density at radius 2 is 1.86 bits per heavy atom. The number of benzene rings is 2. The molecule has 0 unspecified atom stereocenters. The Hall–Kier alpha value is -3.30. The Morgan fingerprint density at radius 1 is 1.11 bits per heavy atom. The molecule has 0 bridgehead atoms. The third-order valence-corrected chi connectivity index (χ3v) is 5.89. The van der Waals surface area contributed by atoms with Crippen molar-refractivity contribution < 1.29 is 22.4 Å². The lowest BCUT2D eigenvalue weighted by molar-refractivity contribution is 0.0599. The number of hydrogen-bond donors (Lipinski definition) is 0. The van der Waals surface area contributed by atoms with Crippen molar-refractivity contribution in [3.05, 3.63) is 77.7 Å². The highest BCUT2D eigenvalue weighted by Crippen LogP contribution is 2.31. The molecule has 3 aromatic rings. The molecule has 3 rings (SSSR count). The van der Waals surface area contributed by atoms with Gasteiger partial charge in [0.25, 0.3) is 0 Å². The van der Waals surface area contributed by atoms with E-state index in [1.165, 1.54) is 31.8 Å². The summed E-state index contributed by atoms with van der Waals surface area (Å²) in [5.74, 6) is 4.74. The summed E-state index contributed by atoms with van der Waals surface area (Å²) in [4.78, 5) is 12.8. The van der Waals surface area contributed by atoms with Crippen LogP contribution in [0, 0.1) is 11.8 Å². The number of hydrogen-bond acceptors (Lipinski definition) is 5. The van der Waals surface area contributed by atoms with Crippen LogP contribution in [-0.4, -0.2) is 21.5 Å². The minimum Gasteiger partial charge on any atom is -0.472 e. The molecule has 0 saturated heterocycles. The molecule has 0 radical (unpaired) electrons. The zero-order valence-corrected chi connectivity index (χ0v) is 16.2. The third kappa shape index (κ3) is 3.85. The number of carbonyl (C=O) groups is 1. The molecule has 1 heterocycles. The van der Waals surface area contributed by atoms with Gasteiger partial charge in [-0.05, 0) is 30.7 Å². The van der Waals surface area contributed by atoms with Crippen LogP contribution in [-0.2, 0) is 20.3 Å². The maximum Gasteiger partial charge on any atom is 0.339 e.